The molecule has 3 heterocycles. The summed E-state index contributed by atoms with van der Waals surface area (Å²) in [6.45, 7) is 3.90. The summed E-state index contributed by atoms with van der Waals surface area (Å²) in [6, 6.07) is 3.76. The molecule has 0 aliphatic carbocycles. The van der Waals surface area contributed by atoms with Gasteiger partial charge in [0.2, 0.25) is 11.8 Å². The molecule has 1 N–H and O–H groups in total. The Balaban J connectivity index is 1.55. The number of nitrogens with zero attached hydrogens (tertiary/aromatic N) is 2. The van der Waals surface area contributed by atoms with Gasteiger partial charge in [-0.15, -0.1) is 0 Å². The van der Waals surface area contributed by atoms with E-state index < -0.39 is 0 Å². The number of aryl methyl sites for hydroxylation is 1. The van der Waals surface area contributed by atoms with Crippen molar-refractivity contribution in [2.45, 2.75) is 45.1 Å². The van der Waals surface area contributed by atoms with Crippen LogP contribution < -0.4 is 5.32 Å². The minimum Gasteiger partial charge on any atom is -0.378 e. The van der Waals surface area contributed by atoms with E-state index in [4.69, 9.17) is 4.74 Å². The van der Waals surface area contributed by atoms with Gasteiger partial charge in [0.05, 0.1) is 18.4 Å². The van der Waals surface area contributed by atoms with Crippen molar-refractivity contribution in [1.29, 1.82) is 0 Å². The second-order valence-electron chi connectivity index (χ2n) is 6.68. The number of rotatable bonds is 4. The largest absolute Gasteiger partial charge is 0.378 e. The Hall–Kier alpha value is -1.95. The van der Waals surface area contributed by atoms with Crippen molar-refractivity contribution in [2.75, 3.05) is 25.0 Å². The Morgan fingerprint density at radius 1 is 1.38 bits per heavy atom. The molecule has 0 unspecified atom stereocenters. The molecule has 2 fully saturated rings. The lowest BCUT2D eigenvalue weighted by Crippen LogP contribution is -2.44. The number of likely N-dealkylation sites (tertiary alicyclic amines) is 1. The molecule has 0 spiro atoms. The molecule has 0 radical (unpaired) electrons. The molecule has 2 amide bonds. The molecule has 3 rings (SSSR count). The molecular weight excluding hydrogens is 306 g/mol. The van der Waals surface area contributed by atoms with Gasteiger partial charge in [-0.3, -0.25) is 9.59 Å². The average Bonchev–Trinajstić information content (AvgIpc) is 3.10. The van der Waals surface area contributed by atoms with Gasteiger partial charge in [0.1, 0.15) is 5.82 Å². The predicted octanol–water partition coefficient (Wildman–Crippen LogP) is 2.14. The summed E-state index contributed by atoms with van der Waals surface area (Å²) in [4.78, 5) is 31.0. The van der Waals surface area contributed by atoms with Crippen LogP contribution >= 0.6 is 0 Å². The zero-order valence-corrected chi connectivity index (χ0v) is 14.2. The van der Waals surface area contributed by atoms with Gasteiger partial charge in [0, 0.05) is 25.9 Å². The lowest BCUT2D eigenvalue weighted by Gasteiger charge is -2.32. The normalized spacial score (nSPS) is 24.0. The Morgan fingerprint density at radius 2 is 2.25 bits per heavy atom. The fraction of sp³-hybridized carbons (Fsp3) is 0.611. The maximum absolute atomic E-state index is 12.5. The highest BCUT2D eigenvalue weighted by atomic mass is 16.5. The van der Waals surface area contributed by atoms with E-state index in [-0.39, 0.29) is 23.8 Å². The highest BCUT2D eigenvalue weighted by Gasteiger charge is 2.30. The summed E-state index contributed by atoms with van der Waals surface area (Å²) < 4.78 is 5.55. The van der Waals surface area contributed by atoms with Crippen LogP contribution in [0.3, 0.4) is 0 Å². The van der Waals surface area contributed by atoms with Gasteiger partial charge < -0.3 is 15.0 Å². The Bertz CT molecular complexity index is 599. The molecule has 130 valence electrons. The average molecular weight is 331 g/mol. The van der Waals surface area contributed by atoms with Crippen LogP contribution in [0.25, 0.3) is 0 Å². The number of nitrogens with one attached hydrogen (secondary N) is 1. The van der Waals surface area contributed by atoms with Crippen LogP contribution in [0.15, 0.2) is 18.3 Å². The molecule has 6 heteroatoms. The number of hydrogen-bond acceptors (Lipinski definition) is 4. The fourth-order valence-corrected chi connectivity index (χ4v) is 3.38. The van der Waals surface area contributed by atoms with Crippen molar-refractivity contribution in [2.24, 2.45) is 5.92 Å². The molecule has 1 aromatic rings. The first kappa shape index (κ1) is 16.9. The molecule has 0 saturated carbocycles. The molecule has 0 bridgehead atoms. The van der Waals surface area contributed by atoms with Gasteiger partial charge in [0.25, 0.3) is 0 Å². The zero-order valence-electron chi connectivity index (χ0n) is 14.2. The van der Waals surface area contributed by atoms with E-state index in [0.717, 1.165) is 44.4 Å². The van der Waals surface area contributed by atoms with Crippen molar-refractivity contribution >= 4 is 17.6 Å². The van der Waals surface area contributed by atoms with Crippen LogP contribution in [0.2, 0.25) is 0 Å². The van der Waals surface area contributed by atoms with E-state index in [9.17, 15) is 9.59 Å². The minimum absolute atomic E-state index is 0.0496. The third-order valence-corrected chi connectivity index (χ3v) is 4.82. The van der Waals surface area contributed by atoms with Gasteiger partial charge in [0.15, 0.2) is 0 Å². The molecule has 2 saturated heterocycles. The first-order valence-electron chi connectivity index (χ1n) is 8.75. The van der Waals surface area contributed by atoms with E-state index >= 15 is 0 Å². The Morgan fingerprint density at radius 3 is 3.00 bits per heavy atom. The third kappa shape index (κ3) is 4.12. The minimum atomic E-state index is -0.173. The molecule has 1 aromatic heterocycles. The first-order valence-corrected chi connectivity index (χ1v) is 8.75. The monoisotopic (exact) mass is 331 g/mol. The van der Waals surface area contributed by atoms with E-state index in [2.05, 4.69) is 10.3 Å². The number of ether oxygens (including phenoxy) is 1. The molecule has 0 aromatic carbocycles. The molecule has 6 nitrogen and oxygen atoms in total. The van der Waals surface area contributed by atoms with Crippen molar-refractivity contribution < 1.29 is 14.3 Å². The number of amides is 2. The summed E-state index contributed by atoms with van der Waals surface area (Å²) in [7, 11) is 0. The summed E-state index contributed by atoms with van der Waals surface area (Å²) in [5.41, 5.74) is 0.938. The van der Waals surface area contributed by atoms with Gasteiger partial charge in [-0.05, 0) is 44.2 Å². The summed E-state index contributed by atoms with van der Waals surface area (Å²) in [6.07, 6.45) is 5.82. The second kappa shape index (κ2) is 7.75. The Kier molecular flexibility index (Phi) is 5.45. The van der Waals surface area contributed by atoms with E-state index in [0.29, 0.717) is 18.8 Å². The molecular formula is C18H25N3O3. The van der Waals surface area contributed by atoms with Crippen LogP contribution in [0.4, 0.5) is 5.82 Å². The number of hydrogen-bond donors (Lipinski definition) is 1. The van der Waals surface area contributed by atoms with Crippen molar-refractivity contribution in [3.05, 3.63) is 23.9 Å². The predicted molar refractivity (Wildman–Crippen MR) is 90.5 cm³/mol. The maximum Gasteiger partial charge on any atom is 0.230 e. The van der Waals surface area contributed by atoms with Gasteiger partial charge >= 0.3 is 0 Å². The highest BCUT2D eigenvalue weighted by Crippen LogP contribution is 2.22. The number of piperidine rings is 1. The lowest BCUT2D eigenvalue weighted by molar-refractivity contribution is -0.136. The quantitative estimate of drug-likeness (QED) is 0.917. The number of aromatic nitrogens is 1. The van der Waals surface area contributed by atoms with Crippen LogP contribution in [0.1, 0.15) is 37.7 Å². The summed E-state index contributed by atoms with van der Waals surface area (Å²) >= 11 is 0. The van der Waals surface area contributed by atoms with Crippen LogP contribution in [0.5, 0.6) is 0 Å². The van der Waals surface area contributed by atoms with Crippen molar-refractivity contribution in [3.63, 3.8) is 0 Å². The van der Waals surface area contributed by atoms with E-state index in [1.165, 1.54) is 0 Å². The standard InChI is InChI=1S/C18H25N3O3/c1-13-5-2-8-19-17(13)20-18(23)14-6-3-9-21(12-14)16(22)11-15-7-4-10-24-15/h2,5,8,14-15H,3-4,6-7,9-12H2,1H3,(H,19,20,23)/t14-,15-/m0/s1. The molecule has 2 atom stereocenters. The van der Waals surface area contributed by atoms with Crippen molar-refractivity contribution in [1.82, 2.24) is 9.88 Å². The zero-order chi connectivity index (χ0) is 16.9. The van der Waals surface area contributed by atoms with Gasteiger partial charge in [-0.1, -0.05) is 6.07 Å². The summed E-state index contributed by atoms with van der Waals surface area (Å²) in [5, 5.41) is 2.90. The van der Waals surface area contributed by atoms with Crippen LogP contribution in [-0.2, 0) is 14.3 Å². The fourth-order valence-electron chi connectivity index (χ4n) is 3.38. The number of carbonyl (C=O) groups excluding carboxylic acids is 2. The lowest BCUT2D eigenvalue weighted by atomic mass is 9.96. The maximum atomic E-state index is 12.5. The Labute approximate surface area is 142 Å². The van der Waals surface area contributed by atoms with Crippen LogP contribution in [0, 0.1) is 12.8 Å². The third-order valence-electron chi connectivity index (χ3n) is 4.82. The SMILES string of the molecule is Cc1cccnc1NC(=O)[C@H]1CCCN(C(=O)C[C@@H]2CCCO2)C1. The highest BCUT2D eigenvalue weighted by molar-refractivity contribution is 5.93. The smallest absolute Gasteiger partial charge is 0.230 e. The van der Waals surface area contributed by atoms with E-state index in [1.807, 2.05) is 24.0 Å². The topological polar surface area (TPSA) is 71.5 Å². The first-order chi connectivity index (χ1) is 11.6. The molecule has 2 aliphatic rings. The summed E-state index contributed by atoms with van der Waals surface area (Å²) in [5.74, 6) is 0.485. The number of anilines is 1. The number of pyridine rings is 1. The van der Waals surface area contributed by atoms with Gasteiger partial charge in [-0.2, -0.15) is 0 Å². The van der Waals surface area contributed by atoms with Crippen molar-refractivity contribution in [3.8, 4) is 0 Å². The van der Waals surface area contributed by atoms with Gasteiger partial charge in [-0.25, -0.2) is 4.98 Å². The van der Waals surface area contributed by atoms with E-state index in [1.54, 1.807) is 6.20 Å². The number of carbonyl (C=O) groups is 2. The second-order valence-corrected chi connectivity index (χ2v) is 6.68. The molecule has 2 aliphatic heterocycles. The molecule has 24 heavy (non-hydrogen) atoms. The van der Waals surface area contributed by atoms with Crippen LogP contribution in [-0.4, -0.2) is 47.5 Å².